The molecular weight excluding hydrogens is 260 g/mol. The zero-order valence-corrected chi connectivity index (χ0v) is 10.6. The first kappa shape index (κ1) is 11.7. The first-order valence-corrected chi connectivity index (χ1v) is 6.18. The van der Waals surface area contributed by atoms with Crippen molar-refractivity contribution in [2.24, 2.45) is 0 Å². The molecular formula is C10H13BrN2S. The van der Waals surface area contributed by atoms with E-state index in [0.717, 1.165) is 19.5 Å². The maximum absolute atomic E-state index is 8.40. The molecule has 0 amide bonds. The molecule has 0 saturated heterocycles. The summed E-state index contributed by atoms with van der Waals surface area (Å²) in [7, 11) is 2.09. The highest BCUT2D eigenvalue weighted by molar-refractivity contribution is 9.11. The van der Waals surface area contributed by atoms with E-state index in [1.807, 2.05) is 0 Å². The highest BCUT2D eigenvalue weighted by atomic mass is 79.9. The Bertz CT molecular complexity index is 316. The van der Waals surface area contributed by atoms with Crippen LogP contribution in [0.15, 0.2) is 15.2 Å². The van der Waals surface area contributed by atoms with Crippen LogP contribution in [0.2, 0.25) is 0 Å². The summed E-state index contributed by atoms with van der Waals surface area (Å²) >= 11 is 5.16. The van der Waals surface area contributed by atoms with Gasteiger partial charge in [0.2, 0.25) is 0 Å². The van der Waals surface area contributed by atoms with E-state index in [1.165, 1.54) is 9.35 Å². The summed E-state index contributed by atoms with van der Waals surface area (Å²) in [6.45, 7) is 1.95. The molecule has 0 bridgehead atoms. The summed E-state index contributed by atoms with van der Waals surface area (Å²) in [5.41, 5.74) is 1.33. The van der Waals surface area contributed by atoms with Gasteiger partial charge in [0, 0.05) is 13.0 Å². The summed E-state index contributed by atoms with van der Waals surface area (Å²) in [6, 6.07) is 4.30. The van der Waals surface area contributed by atoms with E-state index in [4.69, 9.17) is 5.26 Å². The molecule has 1 aromatic heterocycles. The minimum atomic E-state index is 0.650. The van der Waals surface area contributed by atoms with Crippen LogP contribution in [0.4, 0.5) is 0 Å². The predicted octanol–water partition coefficient (Wildman–Crippen LogP) is 3.25. The van der Waals surface area contributed by atoms with E-state index < -0.39 is 0 Å². The van der Waals surface area contributed by atoms with Crippen LogP contribution in [0, 0.1) is 11.3 Å². The van der Waals surface area contributed by atoms with E-state index in [2.05, 4.69) is 45.4 Å². The lowest BCUT2D eigenvalue weighted by Crippen LogP contribution is -2.18. The monoisotopic (exact) mass is 272 g/mol. The number of hydrogen-bond donors (Lipinski definition) is 0. The predicted molar refractivity (Wildman–Crippen MR) is 63.2 cm³/mol. The topological polar surface area (TPSA) is 27.0 Å². The third-order valence-electron chi connectivity index (χ3n) is 1.90. The molecule has 76 valence electrons. The van der Waals surface area contributed by atoms with Gasteiger partial charge in [-0.25, -0.2) is 0 Å². The number of unbranched alkanes of at least 4 members (excludes halogenated alkanes) is 1. The number of halogens is 1. The molecule has 1 heterocycles. The second-order valence-electron chi connectivity index (χ2n) is 3.26. The number of nitriles is 1. The number of hydrogen-bond acceptors (Lipinski definition) is 3. The van der Waals surface area contributed by atoms with Gasteiger partial charge in [-0.2, -0.15) is 5.26 Å². The molecule has 2 nitrogen and oxygen atoms in total. The van der Waals surface area contributed by atoms with Crippen LogP contribution < -0.4 is 0 Å². The molecule has 0 aliphatic rings. The second-order valence-corrected chi connectivity index (χ2v) is 5.55. The Morgan fingerprint density at radius 1 is 1.64 bits per heavy atom. The van der Waals surface area contributed by atoms with Crippen molar-refractivity contribution in [1.82, 2.24) is 4.90 Å². The standard InChI is InChI=1S/C10H13BrN2S/c1-13(5-3-2-4-12)7-9-6-10(11)14-8-9/h6,8H,2-3,5,7H2,1H3. The molecule has 0 N–H and O–H groups in total. The van der Waals surface area contributed by atoms with Crippen LogP contribution in [0.5, 0.6) is 0 Å². The fraction of sp³-hybridized carbons (Fsp3) is 0.500. The van der Waals surface area contributed by atoms with Gasteiger partial charge in [0.15, 0.2) is 0 Å². The molecule has 0 aliphatic carbocycles. The van der Waals surface area contributed by atoms with Gasteiger partial charge in [-0.15, -0.1) is 11.3 Å². The smallest absolute Gasteiger partial charge is 0.0701 e. The van der Waals surface area contributed by atoms with E-state index >= 15 is 0 Å². The van der Waals surface area contributed by atoms with Gasteiger partial charge in [-0.05, 0) is 53.0 Å². The molecule has 0 saturated carbocycles. The summed E-state index contributed by atoms with van der Waals surface area (Å²) in [5.74, 6) is 0. The maximum atomic E-state index is 8.40. The zero-order chi connectivity index (χ0) is 10.4. The molecule has 4 heteroatoms. The lowest BCUT2D eigenvalue weighted by atomic mass is 10.3. The average molecular weight is 273 g/mol. The Balaban J connectivity index is 2.27. The maximum Gasteiger partial charge on any atom is 0.0701 e. The van der Waals surface area contributed by atoms with Gasteiger partial charge >= 0.3 is 0 Å². The Morgan fingerprint density at radius 2 is 2.43 bits per heavy atom. The van der Waals surface area contributed by atoms with Crippen LogP contribution in [-0.2, 0) is 6.54 Å². The molecule has 1 aromatic rings. The molecule has 0 atom stereocenters. The molecule has 0 unspecified atom stereocenters. The van der Waals surface area contributed by atoms with Crippen LogP contribution in [-0.4, -0.2) is 18.5 Å². The van der Waals surface area contributed by atoms with Crippen molar-refractivity contribution in [2.45, 2.75) is 19.4 Å². The van der Waals surface area contributed by atoms with Crippen molar-refractivity contribution in [3.8, 4) is 6.07 Å². The highest BCUT2D eigenvalue weighted by Crippen LogP contribution is 2.21. The van der Waals surface area contributed by atoms with Gasteiger partial charge in [0.05, 0.1) is 9.86 Å². The fourth-order valence-electron chi connectivity index (χ4n) is 1.25. The Hall–Kier alpha value is -0.370. The summed E-state index contributed by atoms with van der Waals surface area (Å²) in [4.78, 5) is 2.24. The quantitative estimate of drug-likeness (QED) is 0.770. The first-order chi connectivity index (χ1) is 6.72. The summed E-state index contributed by atoms with van der Waals surface area (Å²) in [5, 5.41) is 10.6. The van der Waals surface area contributed by atoms with E-state index in [0.29, 0.717) is 6.42 Å². The fourth-order valence-corrected chi connectivity index (χ4v) is 2.45. The normalized spacial score (nSPS) is 10.4. The lowest BCUT2D eigenvalue weighted by Gasteiger charge is -2.14. The van der Waals surface area contributed by atoms with Crippen molar-refractivity contribution in [1.29, 1.82) is 5.26 Å². The SMILES string of the molecule is CN(CCCC#N)Cc1csc(Br)c1. The molecule has 0 aromatic carbocycles. The van der Waals surface area contributed by atoms with E-state index in [9.17, 15) is 0 Å². The van der Waals surface area contributed by atoms with Crippen molar-refractivity contribution in [3.63, 3.8) is 0 Å². The van der Waals surface area contributed by atoms with Crippen LogP contribution in [0.3, 0.4) is 0 Å². The third-order valence-corrected chi connectivity index (χ3v) is 3.46. The first-order valence-electron chi connectivity index (χ1n) is 4.51. The van der Waals surface area contributed by atoms with Crippen molar-refractivity contribution in [2.75, 3.05) is 13.6 Å². The highest BCUT2D eigenvalue weighted by Gasteiger charge is 2.01. The Morgan fingerprint density at radius 3 is 3.00 bits per heavy atom. The number of nitrogens with zero attached hydrogens (tertiary/aromatic N) is 2. The molecule has 14 heavy (non-hydrogen) atoms. The Labute approximate surface area is 97.3 Å². The summed E-state index contributed by atoms with van der Waals surface area (Å²) < 4.78 is 1.18. The third kappa shape index (κ3) is 4.23. The molecule has 0 fully saturated rings. The van der Waals surface area contributed by atoms with Crippen molar-refractivity contribution >= 4 is 27.3 Å². The average Bonchev–Trinajstić information content (AvgIpc) is 2.52. The number of rotatable bonds is 5. The van der Waals surface area contributed by atoms with Gasteiger partial charge in [0.25, 0.3) is 0 Å². The van der Waals surface area contributed by atoms with E-state index in [1.54, 1.807) is 11.3 Å². The van der Waals surface area contributed by atoms with Crippen LogP contribution >= 0.6 is 27.3 Å². The zero-order valence-electron chi connectivity index (χ0n) is 8.16. The minimum Gasteiger partial charge on any atom is -0.302 e. The summed E-state index contributed by atoms with van der Waals surface area (Å²) in [6.07, 6.45) is 1.61. The van der Waals surface area contributed by atoms with E-state index in [-0.39, 0.29) is 0 Å². The van der Waals surface area contributed by atoms with Crippen LogP contribution in [0.1, 0.15) is 18.4 Å². The minimum absolute atomic E-state index is 0.650. The molecule has 0 spiro atoms. The van der Waals surface area contributed by atoms with Crippen molar-refractivity contribution in [3.05, 3.63) is 20.8 Å². The molecule has 1 rings (SSSR count). The van der Waals surface area contributed by atoms with Crippen LogP contribution in [0.25, 0.3) is 0 Å². The van der Waals surface area contributed by atoms with Gasteiger partial charge in [-0.1, -0.05) is 0 Å². The molecule has 0 aliphatic heterocycles. The number of thiophene rings is 1. The molecule has 0 radical (unpaired) electrons. The second kappa shape index (κ2) is 6.18. The Kier molecular flexibility index (Phi) is 5.16. The largest absolute Gasteiger partial charge is 0.302 e. The van der Waals surface area contributed by atoms with Crippen molar-refractivity contribution < 1.29 is 0 Å². The van der Waals surface area contributed by atoms with Gasteiger partial charge < -0.3 is 4.90 Å². The van der Waals surface area contributed by atoms with Gasteiger partial charge in [0.1, 0.15) is 0 Å². The lowest BCUT2D eigenvalue weighted by molar-refractivity contribution is 0.324. The van der Waals surface area contributed by atoms with Gasteiger partial charge in [-0.3, -0.25) is 0 Å².